The molecule has 0 radical (unpaired) electrons. The Labute approximate surface area is 168 Å². The standard InChI is InChI=1S/C21H21ClN4O2/c22-16-7-5-6-15(14-16)9-10-23-20(27)18-17-8-1-2-13-26(17)19(24-18)21(28)25-11-3-4-12-25/h1-2,5-8,13-14H,3-4,9-12H2,(H,23,27). The van der Waals surface area contributed by atoms with Crippen LogP contribution in [0.25, 0.3) is 5.52 Å². The fraction of sp³-hybridized carbons (Fsp3) is 0.286. The van der Waals surface area contributed by atoms with Crippen LogP contribution >= 0.6 is 11.6 Å². The van der Waals surface area contributed by atoms with Crippen LogP contribution in [0.3, 0.4) is 0 Å². The number of nitrogens with zero attached hydrogens (tertiary/aromatic N) is 3. The lowest BCUT2D eigenvalue weighted by Crippen LogP contribution is -2.29. The summed E-state index contributed by atoms with van der Waals surface area (Å²) in [5.41, 5.74) is 1.95. The summed E-state index contributed by atoms with van der Waals surface area (Å²) in [6.07, 6.45) is 4.45. The van der Waals surface area contributed by atoms with Crippen molar-refractivity contribution < 1.29 is 9.59 Å². The Morgan fingerprint density at radius 2 is 1.93 bits per heavy atom. The van der Waals surface area contributed by atoms with E-state index in [0.717, 1.165) is 31.5 Å². The van der Waals surface area contributed by atoms with E-state index in [0.29, 0.717) is 23.5 Å². The number of imidazole rings is 1. The average molecular weight is 397 g/mol. The van der Waals surface area contributed by atoms with E-state index in [1.807, 2.05) is 36.4 Å². The van der Waals surface area contributed by atoms with Crippen molar-refractivity contribution in [3.05, 3.63) is 70.8 Å². The Hall–Kier alpha value is -2.86. The number of aromatic nitrogens is 2. The SMILES string of the molecule is O=C(NCCc1cccc(Cl)c1)c1nc(C(=O)N2CCCC2)n2ccccc12. The molecule has 1 aliphatic heterocycles. The van der Waals surface area contributed by atoms with E-state index < -0.39 is 0 Å². The molecule has 0 unspecified atom stereocenters. The molecule has 1 N–H and O–H groups in total. The van der Waals surface area contributed by atoms with Gasteiger partial charge in [0.15, 0.2) is 5.69 Å². The third-order valence-electron chi connectivity index (χ3n) is 4.94. The van der Waals surface area contributed by atoms with Crippen LogP contribution in [0.2, 0.25) is 5.02 Å². The highest BCUT2D eigenvalue weighted by molar-refractivity contribution is 6.30. The zero-order valence-corrected chi connectivity index (χ0v) is 16.2. The van der Waals surface area contributed by atoms with Crippen molar-refractivity contribution in [1.82, 2.24) is 19.6 Å². The summed E-state index contributed by atoms with van der Waals surface area (Å²) in [5, 5.41) is 3.57. The van der Waals surface area contributed by atoms with Gasteiger partial charge in [0, 0.05) is 30.9 Å². The lowest BCUT2D eigenvalue weighted by atomic mass is 10.1. The van der Waals surface area contributed by atoms with Crippen molar-refractivity contribution in [2.24, 2.45) is 0 Å². The van der Waals surface area contributed by atoms with Gasteiger partial charge in [-0.15, -0.1) is 0 Å². The molecule has 1 aliphatic rings. The molecule has 0 atom stereocenters. The van der Waals surface area contributed by atoms with Gasteiger partial charge in [0.05, 0.1) is 5.52 Å². The molecule has 0 spiro atoms. The topological polar surface area (TPSA) is 66.7 Å². The number of amides is 2. The van der Waals surface area contributed by atoms with Gasteiger partial charge in [-0.2, -0.15) is 0 Å². The molecular weight excluding hydrogens is 376 g/mol. The third-order valence-corrected chi connectivity index (χ3v) is 5.17. The molecule has 3 aromatic rings. The highest BCUT2D eigenvalue weighted by Gasteiger charge is 2.26. The van der Waals surface area contributed by atoms with Gasteiger partial charge in [0.1, 0.15) is 0 Å². The predicted octanol–water partition coefficient (Wildman–Crippen LogP) is 3.20. The highest BCUT2D eigenvalue weighted by Crippen LogP contribution is 2.17. The summed E-state index contributed by atoms with van der Waals surface area (Å²) in [7, 11) is 0. The van der Waals surface area contributed by atoms with Crippen molar-refractivity contribution in [2.75, 3.05) is 19.6 Å². The van der Waals surface area contributed by atoms with Gasteiger partial charge in [-0.1, -0.05) is 29.8 Å². The van der Waals surface area contributed by atoms with E-state index in [1.54, 1.807) is 21.6 Å². The molecule has 6 nitrogen and oxygen atoms in total. The number of fused-ring (bicyclic) bond motifs is 1. The van der Waals surface area contributed by atoms with Crippen LogP contribution in [0.4, 0.5) is 0 Å². The molecule has 1 saturated heterocycles. The number of carbonyl (C=O) groups is 2. The van der Waals surface area contributed by atoms with Gasteiger partial charge in [0.25, 0.3) is 11.8 Å². The van der Waals surface area contributed by atoms with Gasteiger partial charge in [-0.25, -0.2) is 4.98 Å². The molecule has 2 amide bonds. The molecule has 7 heteroatoms. The van der Waals surface area contributed by atoms with Crippen LogP contribution in [0.15, 0.2) is 48.7 Å². The Morgan fingerprint density at radius 3 is 2.71 bits per heavy atom. The van der Waals surface area contributed by atoms with E-state index in [1.165, 1.54) is 0 Å². The van der Waals surface area contributed by atoms with Crippen LogP contribution < -0.4 is 5.32 Å². The second-order valence-corrected chi connectivity index (χ2v) is 7.31. The Balaban J connectivity index is 1.52. The van der Waals surface area contributed by atoms with Crippen molar-refractivity contribution in [1.29, 1.82) is 0 Å². The highest BCUT2D eigenvalue weighted by atomic mass is 35.5. The minimum atomic E-state index is -0.286. The Bertz CT molecular complexity index is 1020. The fourth-order valence-corrected chi connectivity index (χ4v) is 3.73. The first-order valence-corrected chi connectivity index (χ1v) is 9.80. The number of hydrogen-bond acceptors (Lipinski definition) is 3. The van der Waals surface area contributed by atoms with E-state index >= 15 is 0 Å². The van der Waals surface area contributed by atoms with Crippen LogP contribution in [0, 0.1) is 0 Å². The molecule has 4 rings (SSSR count). The lowest BCUT2D eigenvalue weighted by Gasteiger charge is -2.13. The molecule has 0 saturated carbocycles. The first-order valence-electron chi connectivity index (χ1n) is 9.42. The number of nitrogens with one attached hydrogen (secondary N) is 1. The fourth-order valence-electron chi connectivity index (χ4n) is 3.51. The summed E-state index contributed by atoms with van der Waals surface area (Å²) in [4.78, 5) is 31.8. The monoisotopic (exact) mass is 396 g/mol. The normalized spacial score (nSPS) is 13.8. The lowest BCUT2D eigenvalue weighted by molar-refractivity contribution is 0.0780. The van der Waals surface area contributed by atoms with Crippen molar-refractivity contribution in [3.8, 4) is 0 Å². The minimum absolute atomic E-state index is 0.128. The largest absolute Gasteiger partial charge is 0.350 e. The number of pyridine rings is 1. The maximum absolute atomic E-state index is 12.8. The smallest absolute Gasteiger partial charge is 0.290 e. The van der Waals surface area contributed by atoms with Gasteiger partial charge in [-0.05, 0) is 49.1 Å². The number of benzene rings is 1. The van der Waals surface area contributed by atoms with Crippen LogP contribution in [-0.4, -0.2) is 45.7 Å². The number of likely N-dealkylation sites (tertiary alicyclic amines) is 1. The summed E-state index contributed by atoms with van der Waals surface area (Å²) >= 11 is 6.00. The number of halogens is 1. The number of hydrogen-bond donors (Lipinski definition) is 1. The maximum atomic E-state index is 12.8. The second-order valence-electron chi connectivity index (χ2n) is 6.88. The molecule has 28 heavy (non-hydrogen) atoms. The first kappa shape index (κ1) is 18.5. The molecule has 144 valence electrons. The molecule has 0 bridgehead atoms. The zero-order valence-electron chi connectivity index (χ0n) is 15.4. The van der Waals surface area contributed by atoms with Gasteiger partial charge in [-0.3, -0.25) is 14.0 Å². The van der Waals surface area contributed by atoms with E-state index in [2.05, 4.69) is 10.3 Å². The second kappa shape index (κ2) is 8.02. The number of rotatable bonds is 5. The maximum Gasteiger partial charge on any atom is 0.290 e. The zero-order chi connectivity index (χ0) is 19.5. The van der Waals surface area contributed by atoms with Crippen LogP contribution in [0.5, 0.6) is 0 Å². The quantitative estimate of drug-likeness (QED) is 0.720. The molecule has 1 fully saturated rings. The van der Waals surface area contributed by atoms with Gasteiger partial charge in [0.2, 0.25) is 5.82 Å². The molecule has 1 aromatic carbocycles. The van der Waals surface area contributed by atoms with E-state index in [4.69, 9.17) is 11.6 Å². The van der Waals surface area contributed by atoms with Crippen molar-refractivity contribution >= 4 is 28.9 Å². The van der Waals surface area contributed by atoms with Crippen LogP contribution in [0.1, 0.15) is 39.5 Å². The first-order chi connectivity index (χ1) is 13.6. The number of carbonyl (C=O) groups excluding carboxylic acids is 2. The molecular formula is C21H21ClN4O2. The third kappa shape index (κ3) is 3.73. The Morgan fingerprint density at radius 1 is 1.11 bits per heavy atom. The molecule has 3 heterocycles. The van der Waals surface area contributed by atoms with Crippen LogP contribution in [-0.2, 0) is 6.42 Å². The van der Waals surface area contributed by atoms with Gasteiger partial charge < -0.3 is 10.2 Å². The summed E-state index contributed by atoms with van der Waals surface area (Å²) in [6.45, 7) is 1.93. The average Bonchev–Trinajstić information content (AvgIpc) is 3.36. The van der Waals surface area contributed by atoms with E-state index in [9.17, 15) is 9.59 Å². The molecule has 0 aliphatic carbocycles. The van der Waals surface area contributed by atoms with Gasteiger partial charge >= 0.3 is 0 Å². The summed E-state index contributed by atoms with van der Waals surface area (Å²) in [5.74, 6) is -0.125. The predicted molar refractivity (Wildman–Crippen MR) is 108 cm³/mol. The minimum Gasteiger partial charge on any atom is -0.350 e. The summed E-state index contributed by atoms with van der Waals surface area (Å²) in [6, 6.07) is 13.0. The van der Waals surface area contributed by atoms with Crippen molar-refractivity contribution in [2.45, 2.75) is 19.3 Å². The van der Waals surface area contributed by atoms with Crippen molar-refractivity contribution in [3.63, 3.8) is 0 Å². The van der Waals surface area contributed by atoms with E-state index in [-0.39, 0.29) is 23.3 Å². The Kier molecular flexibility index (Phi) is 5.30. The summed E-state index contributed by atoms with van der Waals surface area (Å²) < 4.78 is 1.70. The molecule has 2 aromatic heterocycles.